The molecule has 1 saturated carbocycles. The second-order valence-corrected chi connectivity index (χ2v) is 8.94. The number of aliphatic hydroxyl groups excluding tert-OH is 1. The topological polar surface area (TPSA) is 106 Å². The summed E-state index contributed by atoms with van der Waals surface area (Å²) < 4.78 is 10.8. The minimum Gasteiger partial charge on any atom is -0.497 e. The summed E-state index contributed by atoms with van der Waals surface area (Å²) in [4.78, 5) is 23.0. The predicted octanol–water partition coefficient (Wildman–Crippen LogP) is 3.53. The molecule has 1 atom stereocenters. The molecule has 3 N–H and O–H groups in total. The van der Waals surface area contributed by atoms with E-state index in [1.807, 2.05) is 19.1 Å². The fourth-order valence-corrected chi connectivity index (χ4v) is 4.96. The van der Waals surface area contributed by atoms with Crippen LogP contribution >= 0.6 is 11.3 Å². The van der Waals surface area contributed by atoms with Crippen LogP contribution in [0.4, 0.5) is 5.82 Å². The standard InChI is InChI=1S/C23H28N4O4S/c1-14-19-21(27-15-6-3-4-7-15)25-13-26-23(19)32-20(14)22(29)24-11-16(28)12-31-18-9-5-8-17(10-18)30-2/h5,8-10,13,15-16,28H,3-4,6-7,11-12H2,1-2H3,(H,24,29)(H,25,26,27)/t16-/m0/s1. The molecule has 170 valence electrons. The molecule has 3 aromatic rings. The third-order valence-electron chi connectivity index (χ3n) is 5.61. The summed E-state index contributed by atoms with van der Waals surface area (Å²) in [5.74, 6) is 1.82. The Bertz CT molecular complexity index is 1080. The van der Waals surface area contributed by atoms with Crippen molar-refractivity contribution >= 4 is 33.3 Å². The summed E-state index contributed by atoms with van der Waals surface area (Å²) in [5.41, 5.74) is 0.853. The van der Waals surface area contributed by atoms with E-state index in [4.69, 9.17) is 9.47 Å². The minimum atomic E-state index is -0.848. The number of aryl methyl sites for hydroxylation is 1. The number of ether oxygens (including phenoxy) is 2. The molecule has 8 nitrogen and oxygen atoms in total. The Hall–Kier alpha value is -2.91. The summed E-state index contributed by atoms with van der Waals surface area (Å²) in [5, 5.41) is 17.5. The van der Waals surface area contributed by atoms with Gasteiger partial charge in [-0.2, -0.15) is 0 Å². The lowest BCUT2D eigenvalue weighted by molar-refractivity contribution is 0.0846. The molecule has 0 aliphatic heterocycles. The van der Waals surface area contributed by atoms with Crippen LogP contribution in [0.25, 0.3) is 10.2 Å². The van der Waals surface area contributed by atoms with E-state index in [-0.39, 0.29) is 19.1 Å². The van der Waals surface area contributed by atoms with Crippen LogP contribution in [0.5, 0.6) is 11.5 Å². The van der Waals surface area contributed by atoms with Crippen LogP contribution in [0.15, 0.2) is 30.6 Å². The smallest absolute Gasteiger partial charge is 0.261 e. The Morgan fingerprint density at radius 3 is 2.84 bits per heavy atom. The lowest BCUT2D eigenvalue weighted by Gasteiger charge is -2.14. The highest BCUT2D eigenvalue weighted by atomic mass is 32.1. The average molecular weight is 457 g/mol. The number of carbonyl (C=O) groups excluding carboxylic acids is 1. The van der Waals surface area contributed by atoms with E-state index in [0.717, 1.165) is 34.4 Å². The lowest BCUT2D eigenvalue weighted by Crippen LogP contribution is -2.35. The van der Waals surface area contributed by atoms with Gasteiger partial charge in [-0.05, 0) is 37.5 Å². The maximum Gasteiger partial charge on any atom is 0.261 e. The largest absolute Gasteiger partial charge is 0.497 e. The van der Waals surface area contributed by atoms with Crippen LogP contribution in [0.1, 0.15) is 40.9 Å². The second-order valence-electron chi connectivity index (χ2n) is 7.94. The number of aliphatic hydroxyl groups is 1. The monoisotopic (exact) mass is 456 g/mol. The van der Waals surface area contributed by atoms with Gasteiger partial charge in [0, 0.05) is 18.7 Å². The van der Waals surface area contributed by atoms with E-state index in [1.165, 1.54) is 30.5 Å². The summed E-state index contributed by atoms with van der Waals surface area (Å²) in [6.07, 6.45) is 5.42. The van der Waals surface area contributed by atoms with E-state index >= 15 is 0 Å². The van der Waals surface area contributed by atoms with Crippen molar-refractivity contribution in [2.24, 2.45) is 0 Å². The highest BCUT2D eigenvalue weighted by molar-refractivity contribution is 7.20. The molecule has 1 aliphatic rings. The van der Waals surface area contributed by atoms with E-state index in [9.17, 15) is 9.90 Å². The van der Waals surface area contributed by atoms with Crippen molar-refractivity contribution in [1.29, 1.82) is 0 Å². The normalized spacial score (nSPS) is 15.0. The van der Waals surface area contributed by atoms with Crippen molar-refractivity contribution in [2.45, 2.75) is 44.8 Å². The molecule has 0 unspecified atom stereocenters. The van der Waals surface area contributed by atoms with E-state index in [0.29, 0.717) is 22.4 Å². The van der Waals surface area contributed by atoms with Gasteiger partial charge in [-0.1, -0.05) is 18.9 Å². The van der Waals surface area contributed by atoms with Gasteiger partial charge in [-0.25, -0.2) is 9.97 Å². The number of fused-ring (bicyclic) bond motifs is 1. The Morgan fingerprint density at radius 1 is 1.28 bits per heavy atom. The van der Waals surface area contributed by atoms with Gasteiger partial charge in [0.1, 0.15) is 41.2 Å². The molecule has 1 fully saturated rings. The maximum absolute atomic E-state index is 12.8. The van der Waals surface area contributed by atoms with Crippen molar-refractivity contribution in [1.82, 2.24) is 15.3 Å². The van der Waals surface area contributed by atoms with Gasteiger partial charge in [-0.15, -0.1) is 11.3 Å². The van der Waals surface area contributed by atoms with Gasteiger partial charge in [0.15, 0.2) is 0 Å². The number of nitrogens with one attached hydrogen (secondary N) is 2. The Balaban J connectivity index is 1.37. The number of anilines is 1. The van der Waals surface area contributed by atoms with E-state index in [1.54, 1.807) is 19.2 Å². The lowest BCUT2D eigenvalue weighted by atomic mass is 10.1. The van der Waals surface area contributed by atoms with Crippen molar-refractivity contribution in [3.8, 4) is 11.5 Å². The highest BCUT2D eigenvalue weighted by Crippen LogP contribution is 2.34. The number of methoxy groups -OCH3 is 1. The second kappa shape index (κ2) is 10.1. The molecule has 0 bridgehead atoms. The molecule has 2 aromatic heterocycles. The first-order valence-electron chi connectivity index (χ1n) is 10.8. The number of carbonyl (C=O) groups is 1. The molecule has 1 amide bonds. The molecular formula is C23H28N4O4S. The van der Waals surface area contributed by atoms with Gasteiger partial charge in [0.05, 0.1) is 17.4 Å². The number of thiophene rings is 1. The number of nitrogens with zero attached hydrogens (tertiary/aromatic N) is 2. The van der Waals surface area contributed by atoms with Crippen molar-refractivity contribution in [3.63, 3.8) is 0 Å². The number of amides is 1. The molecule has 1 aromatic carbocycles. The average Bonchev–Trinajstić information content (AvgIpc) is 3.44. The zero-order valence-electron chi connectivity index (χ0n) is 18.3. The van der Waals surface area contributed by atoms with E-state index < -0.39 is 6.10 Å². The molecule has 9 heteroatoms. The zero-order chi connectivity index (χ0) is 22.5. The maximum atomic E-state index is 12.8. The third kappa shape index (κ3) is 5.11. The Morgan fingerprint density at radius 2 is 2.06 bits per heavy atom. The van der Waals surface area contributed by atoms with Gasteiger partial charge < -0.3 is 25.2 Å². The van der Waals surface area contributed by atoms with Gasteiger partial charge in [-0.3, -0.25) is 4.79 Å². The minimum absolute atomic E-state index is 0.0553. The van der Waals surface area contributed by atoms with Gasteiger partial charge >= 0.3 is 0 Å². The van der Waals surface area contributed by atoms with Gasteiger partial charge in [0.2, 0.25) is 0 Å². The van der Waals surface area contributed by atoms with Crippen molar-refractivity contribution in [2.75, 3.05) is 25.6 Å². The van der Waals surface area contributed by atoms with Crippen LogP contribution in [0.3, 0.4) is 0 Å². The van der Waals surface area contributed by atoms with Crippen molar-refractivity contribution in [3.05, 3.63) is 41.0 Å². The molecule has 1 aliphatic carbocycles. The predicted molar refractivity (Wildman–Crippen MR) is 125 cm³/mol. The highest BCUT2D eigenvalue weighted by Gasteiger charge is 2.22. The van der Waals surface area contributed by atoms with Crippen LogP contribution in [-0.2, 0) is 0 Å². The van der Waals surface area contributed by atoms with Gasteiger partial charge in [0.25, 0.3) is 5.91 Å². The summed E-state index contributed by atoms with van der Waals surface area (Å²) in [7, 11) is 1.58. The third-order valence-corrected chi connectivity index (χ3v) is 6.81. The fraction of sp³-hybridized carbons (Fsp3) is 0.435. The molecular weight excluding hydrogens is 428 g/mol. The van der Waals surface area contributed by atoms with Crippen LogP contribution in [0.2, 0.25) is 0 Å². The number of hydrogen-bond donors (Lipinski definition) is 3. The summed E-state index contributed by atoms with van der Waals surface area (Å²) in [6.45, 7) is 2.05. The number of rotatable bonds is 9. The Labute approximate surface area is 191 Å². The molecule has 2 heterocycles. The first-order valence-corrected chi connectivity index (χ1v) is 11.6. The fourth-order valence-electron chi connectivity index (χ4n) is 3.89. The quantitative estimate of drug-likeness (QED) is 0.452. The zero-order valence-corrected chi connectivity index (χ0v) is 19.1. The Kier molecular flexibility index (Phi) is 7.06. The first-order chi connectivity index (χ1) is 15.5. The molecule has 32 heavy (non-hydrogen) atoms. The molecule has 0 radical (unpaired) electrons. The van der Waals surface area contributed by atoms with Crippen LogP contribution < -0.4 is 20.1 Å². The number of hydrogen-bond acceptors (Lipinski definition) is 8. The number of benzene rings is 1. The SMILES string of the molecule is COc1cccc(OC[C@@H](O)CNC(=O)c2sc3ncnc(NC4CCCC4)c3c2C)c1. The molecule has 4 rings (SSSR count). The summed E-state index contributed by atoms with van der Waals surface area (Å²) in [6, 6.07) is 7.57. The van der Waals surface area contributed by atoms with Crippen molar-refractivity contribution < 1.29 is 19.4 Å². The number of aromatic nitrogens is 2. The van der Waals surface area contributed by atoms with E-state index in [2.05, 4.69) is 20.6 Å². The first kappa shape index (κ1) is 22.3. The van der Waals surface area contributed by atoms with Crippen LogP contribution in [-0.4, -0.2) is 53.4 Å². The molecule has 0 spiro atoms. The molecule has 0 saturated heterocycles. The summed E-state index contributed by atoms with van der Waals surface area (Å²) >= 11 is 1.34. The van der Waals surface area contributed by atoms with Crippen LogP contribution in [0, 0.1) is 6.92 Å².